The number of hydrogen-bond acceptors (Lipinski definition) is 0. The molecule has 0 saturated heterocycles. The van der Waals surface area contributed by atoms with Crippen LogP contribution in [0, 0.1) is 0 Å². The van der Waals surface area contributed by atoms with E-state index in [0.717, 1.165) is 43.7 Å². The van der Waals surface area contributed by atoms with Gasteiger partial charge in [0.05, 0.1) is 39.9 Å². The van der Waals surface area contributed by atoms with E-state index in [9.17, 15) is 1.37 Å². The molecule has 0 amide bonds. The molecule has 0 aliphatic carbocycles. The van der Waals surface area contributed by atoms with Gasteiger partial charge in [-0.2, -0.15) is 0 Å². The van der Waals surface area contributed by atoms with Crippen molar-refractivity contribution in [1.82, 2.24) is 8.97 Å². The lowest BCUT2D eigenvalue weighted by Crippen LogP contribution is -1.94. The Kier molecular flexibility index (Phi) is 3.35. The minimum Gasteiger partial charge on any atom is -0.309 e. The topological polar surface area (TPSA) is 9.34 Å². The molecule has 204 valence electrons. The Morgan fingerprint density at radius 1 is 0.409 bits per heavy atom. The lowest BCUT2D eigenvalue weighted by Gasteiger charge is -2.11. The third-order valence-corrected chi connectivity index (χ3v) is 8.80. The molecule has 3 heterocycles. The van der Waals surface area contributed by atoms with Gasteiger partial charge in [-0.3, -0.25) is 0 Å². The zero-order valence-corrected chi connectivity index (χ0v) is 23.2. The number of rotatable bonds is 3. The molecule has 10 aromatic rings. The van der Waals surface area contributed by atoms with E-state index in [2.05, 4.69) is 71.1 Å². The third kappa shape index (κ3) is 3.20. The Bertz CT molecular complexity index is 3120. The first-order chi connectivity index (χ1) is 25.6. The summed E-state index contributed by atoms with van der Waals surface area (Å²) in [6.45, 7) is 0. The van der Waals surface area contributed by atoms with Crippen molar-refractivity contribution < 1.29 is 12.3 Å². The highest BCUT2D eigenvalue weighted by Gasteiger charge is 2.19. The van der Waals surface area contributed by atoms with Gasteiger partial charge in [0.2, 0.25) is 0 Å². The second kappa shape index (κ2) is 8.82. The quantitative estimate of drug-likeness (QED) is 0.201. The van der Waals surface area contributed by atoms with Crippen LogP contribution in [0.1, 0.15) is 12.3 Å². The molecular weight excluding hydrogens is 532 g/mol. The summed E-state index contributed by atoms with van der Waals surface area (Å²) in [5, 5.41) is 6.35. The fourth-order valence-corrected chi connectivity index (χ4v) is 6.96. The van der Waals surface area contributed by atoms with E-state index in [0.29, 0.717) is 11.0 Å². The van der Waals surface area contributed by atoms with Crippen molar-refractivity contribution in [2.45, 2.75) is 0 Å². The van der Waals surface area contributed by atoms with Crippen molar-refractivity contribution in [1.29, 1.82) is 0 Å². The van der Waals surface area contributed by atoms with Crippen molar-refractivity contribution in [2.75, 3.05) is 0 Å². The second-order valence-electron chi connectivity index (χ2n) is 11.1. The van der Waals surface area contributed by atoms with Crippen molar-refractivity contribution in [2.24, 2.45) is 0 Å². The monoisotopic (exact) mass is 567 g/mol. The van der Waals surface area contributed by atoms with E-state index in [1.807, 2.05) is 36.4 Å². The first-order valence-electron chi connectivity index (χ1n) is 19.0. The van der Waals surface area contributed by atoms with Crippen LogP contribution in [0.15, 0.2) is 158 Å². The zero-order valence-electron chi connectivity index (χ0n) is 32.2. The molecule has 0 aliphatic rings. The lowest BCUT2D eigenvalue weighted by molar-refractivity contribution is 1.18. The van der Waals surface area contributed by atoms with Crippen LogP contribution >= 0.6 is 0 Å². The molecule has 0 N–H and O–H groups in total. The van der Waals surface area contributed by atoms with Crippen molar-refractivity contribution in [3.63, 3.8) is 0 Å². The van der Waals surface area contributed by atoms with Gasteiger partial charge in [-0.05, 0) is 76.8 Å². The SMILES string of the molecule is [2H]c1c([2H])c([2H])c(-c2c([2H])c([2H])c([2H])c(-n3c4ccccc4c4cc(-c5cc6c7ccccc7n7c8ccccc8c(c5)c67)ccc43)c2[2H])c([2H])c1[2H]. The molecule has 0 saturated carbocycles. The fraction of sp³-hybridized carbons (Fsp3) is 0. The predicted molar refractivity (Wildman–Crippen MR) is 186 cm³/mol. The van der Waals surface area contributed by atoms with E-state index in [-0.39, 0.29) is 28.9 Å². The Labute approximate surface area is 266 Å². The smallest absolute Gasteiger partial charge is 0.0651 e. The van der Waals surface area contributed by atoms with Crippen LogP contribution in [0.2, 0.25) is 0 Å². The molecule has 2 heteroatoms. The summed E-state index contributed by atoms with van der Waals surface area (Å²) < 4.78 is 81.9. The van der Waals surface area contributed by atoms with Crippen LogP contribution < -0.4 is 0 Å². The van der Waals surface area contributed by atoms with Gasteiger partial charge in [-0.25, -0.2) is 0 Å². The Morgan fingerprint density at radius 2 is 0.977 bits per heavy atom. The molecule has 0 fully saturated rings. The second-order valence-corrected chi connectivity index (χ2v) is 11.1. The maximum absolute atomic E-state index is 9.41. The van der Waals surface area contributed by atoms with Crippen molar-refractivity contribution in [3.8, 4) is 27.9 Å². The van der Waals surface area contributed by atoms with Crippen LogP contribution in [-0.2, 0) is 0 Å². The van der Waals surface area contributed by atoms with Crippen LogP contribution in [0.5, 0.6) is 0 Å². The van der Waals surface area contributed by atoms with Crippen LogP contribution in [-0.4, -0.2) is 8.97 Å². The highest BCUT2D eigenvalue weighted by molar-refractivity contribution is 6.24. The number of para-hydroxylation sites is 3. The Hall–Kier alpha value is -5.86. The summed E-state index contributed by atoms with van der Waals surface area (Å²) in [6.07, 6.45) is 0. The van der Waals surface area contributed by atoms with Gasteiger partial charge in [0.1, 0.15) is 0 Å². The summed E-state index contributed by atoms with van der Waals surface area (Å²) in [5.74, 6) is 0. The van der Waals surface area contributed by atoms with Gasteiger partial charge in [0, 0.05) is 38.0 Å². The van der Waals surface area contributed by atoms with Crippen molar-refractivity contribution >= 4 is 59.9 Å². The number of aromatic nitrogens is 2. The molecule has 44 heavy (non-hydrogen) atoms. The zero-order chi connectivity index (χ0) is 36.6. The highest BCUT2D eigenvalue weighted by atomic mass is 15.0. The first kappa shape index (κ1) is 16.7. The third-order valence-electron chi connectivity index (χ3n) is 8.80. The number of fused-ring (bicyclic) bond motifs is 9. The van der Waals surface area contributed by atoms with E-state index in [1.54, 1.807) is 4.57 Å². The molecule has 0 bridgehead atoms. The molecule has 3 aromatic heterocycles. The number of hydrogen-bond donors (Lipinski definition) is 0. The number of nitrogens with zero attached hydrogens (tertiary/aromatic N) is 2. The van der Waals surface area contributed by atoms with E-state index < -0.39 is 42.3 Å². The van der Waals surface area contributed by atoms with Crippen LogP contribution in [0.25, 0.3) is 87.8 Å². The molecule has 0 unspecified atom stereocenters. The minimum atomic E-state index is -0.600. The van der Waals surface area contributed by atoms with Gasteiger partial charge >= 0.3 is 0 Å². The largest absolute Gasteiger partial charge is 0.309 e. The molecule has 0 aliphatic heterocycles. The van der Waals surface area contributed by atoms with E-state index in [4.69, 9.17) is 11.0 Å². The Balaban J connectivity index is 1.26. The maximum Gasteiger partial charge on any atom is 0.0651 e. The molecule has 0 spiro atoms. The summed E-state index contributed by atoms with van der Waals surface area (Å²) in [6, 6.07) is 30.3. The maximum atomic E-state index is 9.41. The summed E-state index contributed by atoms with van der Waals surface area (Å²) in [5.41, 5.74) is 6.18. The molecule has 0 radical (unpaired) electrons. The average Bonchev–Trinajstić information content (AvgIpc) is 3.81. The minimum absolute atomic E-state index is 0.00854. The van der Waals surface area contributed by atoms with Crippen molar-refractivity contribution in [3.05, 3.63) is 158 Å². The first-order valence-corrected chi connectivity index (χ1v) is 14.5. The summed E-state index contributed by atoms with van der Waals surface area (Å²) >= 11 is 0. The average molecular weight is 568 g/mol. The van der Waals surface area contributed by atoms with Crippen LogP contribution in [0.4, 0.5) is 0 Å². The standard InChI is InChI=1S/C42H26N2/c1-2-11-27(12-3-1)28-13-10-14-31(23-28)43-38-18-7-4-15-32(38)35-24-29(21-22-41(35)43)30-25-36-33-16-5-8-19-39(33)44-40-20-9-6-17-34(40)37(26-30)42(36)44/h1-26H/i1D,2D,3D,10D,11D,12D,13D,14D,23D. The lowest BCUT2D eigenvalue weighted by atomic mass is 9.98. The molecule has 10 rings (SSSR count). The van der Waals surface area contributed by atoms with Gasteiger partial charge in [0.15, 0.2) is 0 Å². The number of benzene rings is 7. The summed E-state index contributed by atoms with van der Waals surface area (Å²) in [4.78, 5) is 0. The van der Waals surface area contributed by atoms with Gasteiger partial charge in [-0.1, -0.05) is 103 Å². The van der Waals surface area contributed by atoms with E-state index in [1.165, 1.54) is 16.3 Å². The van der Waals surface area contributed by atoms with Gasteiger partial charge in [-0.15, -0.1) is 0 Å². The highest BCUT2D eigenvalue weighted by Crippen LogP contribution is 2.42. The van der Waals surface area contributed by atoms with E-state index >= 15 is 0 Å². The molecule has 0 atom stereocenters. The Morgan fingerprint density at radius 3 is 1.68 bits per heavy atom. The van der Waals surface area contributed by atoms with Crippen LogP contribution in [0.3, 0.4) is 0 Å². The molecule has 2 nitrogen and oxygen atoms in total. The normalized spacial score (nSPS) is 15.0. The predicted octanol–water partition coefficient (Wildman–Crippen LogP) is 11.3. The van der Waals surface area contributed by atoms with Gasteiger partial charge in [0.25, 0.3) is 0 Å². The molecule has 7 aromatic carbocycles. The summed E-state index contributed by atoms with van der Waals surface area (Å²) in [7, 11) is 0. The fourth-order valence-electron chi connectivity index (χ4n) is 6.96. The van der Waals surface area contributed by atoms with Gasteiger partial charge < -0.3 is 8.97 Å². The molecular formula is C42H26N2.